The minimum atomic E-state index is -3.03. The summed E-state index contributed by atoms with van der Waals surface area (Å²) < 4.78 is 28.2. The van der Waals surface area contributed by atoms with Gasteiger partial charge in [0.15, 0.2) is 5.82 Å². The average Bonchev–Trinajstić information content (AvgIpc) is 2.08. The molecule has 0 aliphatic heterocycles. The van der Waals surface area contributed by atoms with Crippen LogP contribution in [0.3, 0.4) is 0 Å². The van der Waals surface area contributed by atoms with Gasteiger partial charge in [-0.25, -0.2) is 9.97 Å². The van der Waals surface area contributed by atoms with E-state index in [4.69, 9.17) is 0 Å². The molecule has 15 heavy (non-hydrogen) atoms. The lowest BCUT2D eigenvalue weighted by Gasteiger charge is -2.08. The Morgan fingerprint density at radius 2 is 2.33 bits per heavy atom. The second-order valence-corrected chi connectivity index (χ2v) is 3.22. The lowest BCUT2D eigenvalue weighted by molar-refractivity contribution is -0.114. The minimum absolute atomic E-state index is 0.147. The first kappa shape index (κ1) is 11.8. The summed E-state index contributed by atoms with van der Waals surface area (Å²) in [5.74, 6) is -1.04. The van der Waals surface area contributed by atoms with E-state index in [2.05, 4.69) is 36.0 Å². The Balaban J connectivity index is 2.97. The van der Waals surface area contributed by atoms with E-state index in [1.807, 2.05) is 0 Å². The van der Waals surface area contributed by atoms with Crippen LogP contribution >= 0.6 is 15.9 Å². The van der Waals surface area contributed by atoms with Crippen LogP contribution in [0.1, 0.15) is 6.92 Å². The van der Waals surface area contributed by atoms with Gasteiger partial charge in [-0.3, -0.25) is 4.79 Å². The van der Waals surface area contributed by atoms with Crippen LogP contribution in [0.5, 0.6) is 5.88 Å². The van der Waals surface area contributed by atoms with Crippen molar-refractivity contribution in [2.75, 3.05) is 5.32 Å². The topological polar surface area (TPSA) is 64.1 Å². The average molecular weight is 282 g/mol. The number of ether oxygens (including phenoxy) is 1. The quantitative estimate of drug-likeness (QED) is 0.918. The summed E-state index contributed by atoms with van der Waals surface area (Å²) in [5.41, 5.74) is 0. The molecule has 0 spiro atoms. The van der Waals surface area contributed by atoms with Gasteiger partial charge in [0.05, 0.1) is 6.20 Å². The van der Waals surface area contributed by atoms with E-state index >= 15 is 0 Å². The van der Waals surface area contributed by atoms with Crippen LogP contribution in [0.2, 0.25) is 0 Å². The van der Waals surface area contributed by atoms with Crippen LogP contribution in [-0.4, -0.2) is 22.5 Å². The maximum absolute atomic E-state index is 12.0. The molecule has 0 bridgehead atoms. The van der Waals surface area contributed by atoms with Crippen LogP contribution in [0, 0.1) is 0 Å². The maximum atomic E-state index is 12.0. The zero-order chi connectivity index (χ0) is 11.4. The number of nitrogens with one attached hydrogen (secondary N) is 1. The first-order valence-electron chi connectivity index (χ1n) is 3.74. The van der Waals surface area contributed by atoms with E-state index in [-0.39, 0.29) is 10.4 Å². The molecule has 1 rings (SSSR count). The van der Waals surface area contributed by atoms with Crippen molar-refractivity contribution in [3.05, 3.63) is 10.8 Å². The molecule has 8 heteroatoms. The largest absolute Gasteiger partial charge is 0.413 e. The molecule has 1 heterocycles. The highest BCUT2D eigenvalue weighted by molar-refractivity contribution is 9.10. The molecule has 0 aliphatic carbocycles. The molecule has 0 atom stereocenters. The second-order valence-electron chi connectivity index (χ2n) is 2.41. The van der Waals surface area contributed by atoms with Gasteiger partial charge in [-0.1, -0.05) is 0 Å². The summed E-state index contributed by atoms with van der Waals surface area (Å²) in [5, 5.41) is 2.21. The third-order valence-corrected chi connectivity index (χ3v) is 1.59. The van der Waals surface area contributed by atoms with Gasteiger partial charge < -0.3 is 10.1 Å². The van der Waals surface area contributed by atoms with Gasteiger partial charge in [-0.15, -0.1) is 0 Å². The second kappa shape index (κ2) is 4.96. The van der Waals surface area contributed by atoms with Crippen LogP contribution in [0.15, 0.2) is 10.8 Å². The van der Waals surface area contributed by atoms with Crippen LogP contribution in [0.4, 0.5) is 14.6 Å². The number of amides is 1. The number of halogens is 3. The third kappa shape index (κ3) is 3.74. The van der Waals surface area contributed by atoms with Gasteiger partial charge in [0.1, 0.15) is 4.60 Å². The van der Waals surface area contributed by atoms with Gasteiger partial charge in [-0.05, 0) is 15.9 Å². The SMILES string of the molecule is CC(=O)Nc1ncc(Br)nc1OC(F)F. The lowest BCUT2D eigenvalue weighted by Crippen LogP contribution is -2.12. The molecule has 1 aromatic heterocycles. The highest BCUT2D eigenvalue weighted by atomic mass is 79.9. The summed E-state index contributed by atoms with van der Waals surface area (Å²) in [6, 6.07) is 0. The molecule has 0 saturated carbocycles. The molecule has 0 fully saturated rings. The first-order chi connectivity index (χ1) is 6.99. The van der Waals surface area contributed by atoms with Gasteiger partial charge in [0.2, 0.25) is 5.91 Å². The predicted octanol–water partition coefficient (Wildman–Crippen LogP) is 1.80. The predicted molar refractivity (Wildman–Crippen MR) is 50.7 cm³/mol. The lowest BCUT2D eigenvalue weighted by atomic mass is 10.5. The fraction of sp³-hybridized carbons (Fsp3) is 0.286. The van der Waals surface area contributed by atoms with Crippen molar-refractivity contribution in [1.29, 1.82) is 0 Å². The van der Waals surface area contributed by atoms with Gasteiger partial charge in [0, 0.05) is 6.92 Å². The fourth-order valence-corrected chi connectivity index (χ4v) is 1.03. The monoisotopic (exact) mass is 281 g/mol. The normalized spacial score (nSPS) is 10.2. The van der Waals surface area contributed by atoms with Crippen molar-refractivity contribution in [3.63, 3.8) is 0 Å². The fourth-order valence-electron chi connectivity index (χ4n) is 0.771. The number of carbonyl (C=O) groups is 1. The zero-order valence-corrected chi connectivity index (χ0v) is 9.09. The number of nitrogens with zero attached hydrogens (tertiary/aromatic N) is 2. The Morgan fingerprint density at radius 3 is 2.87 bits per heavy atom. The summed E-state index contributed by atoms with van der Waals surface area (Å²) in [6.45, 7) is -1.81. The van der Waals surface area contributed by atoms with Crippen molar-refractivity contribution in [3.8, 4) is 5.88 Å². The number of carbonyl (C=O) groups excluding carboxylic acids is 1. The molecule has 1 N–H and O–H groups in total. The van der Waals surface area contributed by atoms with Gasteiger partial charge in [-0.2, -0.15) is 8.78 Å². The third-order valence-electron chi connectivity index (χ3n) is 1.21. The molecule has 0 aromatic carbocycles. The van der Waals surface area contributed by atoms with Crippen LogP contribution in [-0.2, 0) is 4.79 Å². The van der Waals surface area contributed by atoms with Crippen molar-refractivity contribution in [2.24, 2.45) is 0 Å². The Labute approximate surface area is 92.0 Å². The molecule has 5 nitrogen and oxygen atoms in total. The number of alkyl halides is 2. The molecular formula is C7H6BrF2N3O2. The molecular weight excluding hydrogens is 276 g/mol. The zero-order valence-electron chi connectivity index (χ0n) is 7.50. The Bertz CT molecular complexity index is 375. The minimum Gasteiger partial charge on any atom is -0.413 e. The Kier molecular flexibility index (Phi) is 3.89. The Hall–Kier alpha value is -1.31. The van der Waals surface area contributed by atoms with Gasteiger partial charge >= 0.3 is 6.61 Å². The summed E-state index contributed by atoms with van der Waals surface area (Å²) in [7, 11) is 0. The van der Waals surface area contributed by atoms with Crippen molar-refractivity contribution >= 4 is 27.7 Å². The van der Waals surface area contributed by atoms with Crippen LogP contribution in [0.25, 0.3) is 0 Å². The van der Waals surface area contributed by atoms with Gasteiger partial charge in [0.25, 0.3) is 5.88 Å². The standard InChI is InChI=1S/C7H6BrF2N3O2/c1-3(14)12-5-6(15-7(9)10)13-4(8)2-11-5/h2,7H,1H3,(H,11,12,14). The van der Waals surface area contributed by atoms with E-state index in [0.717, 1.165) is 0 Å². The van der Waals surface area contributed by atoms with E-state index in [1.54, 1.807) is 0 Å². The molecule has 0 aliphatic rings. The summed E-state index contributed by atoms with van der Waals surface area (Å²) in [4.78, 5) is 18.0. The first-order valence-corrected chi connectivity index (χ1v) is 4.53. The van der Waals surface area contributed by atoms with Crippen molar-refractivity contribution < 1.29 is 18.3 Å². The summed E-state index contributed by atoms with van der Waals surface area (Å²) >= 11 is 2.94. The molecule has 0 radical (unpaired) electrons. The molecule has 82 valence electrons. The number of rotatable bonds is 3. The number of hydrogen-bond donors (Lipinski definition) is 1. The van der Waals surface area contributed by atoms with Crippen molar-refractivity contribution in [2.45, 2.75) is 13.5 Å². The smallest absolute Gasteiger partial charge is 0.388 e. The summed E-state index contributed by atoms with van der Waals surface area (Å²) in [6.07, 6.45) is 1.25. The molecule has 0 unspecified atom stereocenters. The number of hydrogen-bond acceptors (Lipinski definition) is 4. The van der Waals surface area contributed by atoms with E-state index in [0.29, 0.717) is 0 Å². The van der Waals surface area contributed by atoms with E-state index in [1.165, 1.54) is 13.1 Å². The molecule has 1 amide bonds. The van der Waals surface area contributed by atoms with Crippen LogP contribution < -0.4 is 10.1 Å². The molecule has 1 aromatic rings. The van der Waals surface area contributed by atoms with Crippen molar-refractivity contribution in [1.82, 2.24) is 9.97 Å². The van der Waals surface area contributed by atoms with E-state index in [9.17, 15) is 13.6 Å². The number of anilines is 1. The van der Waals surface area contributed by atoms with E-state index < -0.39 is 18.4 Å². The molecule has 0 saturated heterocycles. The Morgan fingerprint density at radius 1 is 1.67 bits per heavy atom. The number of aromatic nitrogens is 2. The highest BCUT2D eigenvalue weighted by Crippen LogP contribution is 2.22. The highest BCUT2D eigenvalue weighted by Gasteiger charge is 2.14. The maximum Gasteiger partial charge on any atom is 0.388 e.